The summed E-state index contributed by atoms with van der Waals surface area (Å²) < 4.78 is 0. The second kappa shape index (κ2) is 8.13. The topological polar surface area (TPSA) is 109 Å². The number of nitrogens with zero attached hydrogens (tertiary/aromatic N) is 3. The molecular weight excluding hydrogens is 380 g/mol. The molecule has 1 aromatic heterocycles. The molecule has 7 heteroatoms. The van der Waals surface area contributed by atoms with Crippen molar-refractivity contribution in [3.8, 4) is 17.2 Å². The molecule has 0 spiro atoms. The van der Waals surface area contributed by atoms with E-state index in [1.54, 1.807) is 0 Å². The van der Waals surface area contributed by atoms with Gasteiger partial charge in [0, 0.05) is 29.0 Å². The lowest BCUT2D eigenvalue weighted by molar-refractivity contribution is -0.384. The predicted octanol–water partition coefficient (Wildman–Crippen LogP) is 4.66. The van der Waals surface area contributed by atoms with E-state index in [1.165, 1.54) is 24.3 Å². The number of rotatable bonds is 4. The van der Waals surface area contributed by atoms with Crippen molar-refractivity contribution in [1.29, 1.82) is 5.26 Å². The number of hydrogen-bond donors (Lipinski definition) is 1. The minimum atomic E-state index is -0.553. The molecule has 0 unspecified atom stereocenters. The van der Waals surface area contributed by atoms with Gasteiger partial charge in [-0.3, -0.25) is 14.9 Å². The van der Waals surface area contributed by atoms with Crippen LogP contribution in [0.3, 0.4) is 0 Å². The Morgan fingerprint density at radius 1 is 1.10 bits per heavy atom. The van der Waals surface area contributed by atoms with E-state index in [0.717, 1.165) is 48.1 Å². The Bertz CT molecular complexity index is 1180. The number of pyridine rings is 1. The number of carbonyl (C=O) groups excluding carboxylic acids is 1. The summed E-state index contributed by atoms with van der Waals surface area (Å²) in [5, 5.41) is 23.7. The number of carbonyl (C=O) groups is 1. The first-order valence-electron chi connectivity index (χ1n) is 9.65. The van der Waals surface area contributed by atoms with Crippen LogP contribution in [0.2, 0.25) is 0 Å². The van der Waals surface area contributed by atoms with Crippen molar-refractivity contribution in [1.82, 2.24) is 4.98 Å². The van der Waals surface area contributed by atoms with Crippen LogP contribution in [0.1, 0.15) is 40.0 Å². The summed E-state index contributed by atoms with van der Waals surface area (Å²) >= 11 is 0. The molecule has 0 atom stereocenters. The van der Waals surface area contributed by atoms with Crippen LogP contribution in [0, 0.1) is 21.4 Å². The molecular formula is C23H18N4O3. The smallest absolute Gasteiger partial charge is 0.270 e. The standard InChI is InChI=1S/C23H18N4O3/c24-14-19-21(15-7-2-1-3-8-15)18-11-4-5-12-20(18)25-22(19)26-23(28)16-9-6-10-17(13-16)27(29)30/h1-3,6-10,13H,4-5,11-12H2,(H,25,26,28). The van der Waals surface area contributed by atoms with Crippen molar-refractivity contribution in [3.05, 3.63) is 87.1 Å². The zero-order chi connectivity index (χ0) is 21.1. The second-order valence-electron chi connectivity index (χ2n) is 7.08. The van der Waals surface area contributed by atoms with E-state index in [1.807, 2.05) is 30.3 Å². The van der Waals surface area contributed by atoms with Gasteiger partial charge in [-0.15, -0.1) is 0 Å². The van der Waals surface area contributed by atoms with Crippen molar-refractivity contribution in [3.63, 3.8) is 0 Å². The first-order valence-corrected chi connectivity index (χ1v) is 9.65. The summed E-state index contributed by atoms with van der Waals surface area (Å²) in [6, 6.07) is 17.3. The van der Waals surface area contributed by atoms with E-state index in [0.29, 0.717) is 5.56 Å². The van der Waals surface area contributed by atoms with Crippen molar-refractivity contribution < 1.29 is 9.72 Å². The number of nitrogens with one attached hydrogen (secondary N) is 1. The number of nitriles is 1. The Balaban J connectivity index is 1.81. The van der Waals surface area contributed by atoms with E-state index in [-0.39, 0.29) is 17.1 Å². The van der Waals surface area contributed by atoms with Crippen molar-refractivity contribution in [2.24, 2.45) is 0 Å². The maximum Gasteiger partial charge on any atom is 0.270 e. The van der Waals surface area contributed by atoms with E-state index in [2.05, 4.69) is 16.4 Å². The quantitative estimate of drug-likeness (QED) is 0.508. The molecule has 1 amide bonds. The third-order valence-electron chi connectivity index (χ3n) is 5.20. The molecule has 1 aliphatic carbocycles. The lowest BCUT2D eigenvalue weighted by Crippen LogP contribution is -2.18. The van der Waals surface area contributed by atoms with Gasteiger partial charge in [0.1, 0.15) is 11.6 Å². The maximum atomic E-state index is 12.8. The number of anilines is 1. The van der Waals surface area contributed by atoms with Crippen LogP contribution >= 0.6 is 0 Å². The SMILES string of the molecule is N#Cc1c(NC(=O)c2cccc([N+](=O)[O-])c2)nc2c(c1-c1ccccc1)CCCC2. The van der Waals surface area contributed by atoms with Crippen LogP contribution in [-0.4, -0.2) is 15.8 Å². The highest BCUT2D eigenvalue weighted by Crippen LogP contribution is 2.36. The molecule has 2 aromatic carbocycles. The number of amides is 1. The van der Waals surface area contributed by atoms with Gasteiger partial charge >= 0.3 is 0 Å². The predicted molar refractivity (Wildman–Crippen MR) is 112 cm³/mol. The molecule has 0 aliphatic heterocycles. The van der Waals surface area contributed by atoms with Gasteiger partial charge in [-0.1, -0.05) is 36.4 Å². The number of nitro benzene ring substituents is 1. The molecule has 0 saturated carbocycles. The molecule has 1 aliphatic rings. The molecule has 0 radical (unpaired) electrons. The van der Waals surface area contributed by atoms with Gasteiger partial charge < -0.3 is 5.32 Å². The number of fused-ring (bicyclic) bond motifs is 1. The summed E-state index contributed by atoms with van der Waals surface area (Å²) in [6.45, 7) is 0. The maximum absolute atomic E-state index is 12.8. The van der Waals surface area contributed by atoms with Gasteiger partial charge in [-0.05, 0) is 42.9 Å². The normalized spacial score (nSPS) is 12.5. The molecule has 1 heterocycles. The Kier molecular flexibility index (Phi) is 5.22. The molecule has 0 fully saturated rings. The Labute approximate surface area is 173 Å². The Hall–Kier alpha value is -4.05. The third kappa shape index (κ3) is 3.63. The molecule has 7 nitrogen and oxygen atoms in total. The largest absolute Gasteiger partial charge is 0.305 e. The second-order valence-corrected chi connectivity index (χ2v) is 7.08. The number of aryl methyl sites for hydroxylation is 1. The van der Waals surface area contributed by atoms with Crippen LogP contribution in [-0.2, 0) is 12.8 Å². The molecule has 148 valence electrons. The summed E-state index contributed by atoms with van der Waals surface area (Å²) in [5.41, 5.74) is 3.91. The summed E-state index contributed by atoms with van der Waals surface area (Å²) in [7, 11) is 0. The van der Waals surface area contributed by atoms with Crippen LogP contribution < -0.4 is 5.32 Å². The van der Waals surface area contributed by atoms with Crippen molar-refractivity contribution >= 4 is 17.4 Å². The highest BCUT2D eigenvalue weighted by atomic mass is 16.6. The number of hydrogen-bond acceptors (Lipinski definition) is 5. The van der Waals surface area contributed by atoms with Gasteiger partial charge in [0.05, 0.1) is 4.92 Å². The summed E-state index contributed by atoms with van der Waals surface area (Å²) in [6.07, 6.45) is 3.64. The van der Waals surface area contributed by atoms with Crippen molar-refractivity contribution in [2.45, 2.75) is 25.7 Å². The van der Waals surface area contributed by atoms with Crippen LogP contribution in [0.25, 0.3) is 11.1 Å². The van der Waals surface area contributed by atoms with E-state index < -0.39 is 10.8 Å². The average Bonchev–Trinajstić information content (AvgIpc) is 2.78. The van der Waals surface area contributed by atoms with Gasteiger partial charge in [0.15, 0.2) is 5.82 Å². The fraction of sp³-hybridized carbons (Fsp3) is 0.174. The first-order chi connectivity index (χ1) is 14.6. The molecule has 0 saturated heterocycles. The third-order valence-corrected chi connectivity index (χ3v) is 5.20. The monoisotopic (exact) mass is 398 g/mol. The van der Waals surface area contributed by atoms with Gasteiger partial charge in [0.2, 0.25) is 0 Å². The van der Waals surface area contributed by atoms with Crippen molar-refractivity contribution in [2.75, 3.05) is 5.32 Å². The van der Waals surface area contributed by atoms with E-state index >= 15 is 0 Å². The lowest BCUT2D eigenvalue weighted by Gasteiger charge is -2.22. The minimum Gasteiger partial charge on any atom is -0.305 e. The zero-order valence-electron chi connectivity index (χ0n) is 16.1. The molecule has 0 bridgehead atoms. The van der Waals surface area contributed by atoms with Crippen LogP contribution in [0.4, 0.5) is 11.5 Å². The number of non-ortho nitro benzene ring substituents is 1. The van der Waals surface area contributed by atoms with Gasteiger partial charge in [-0.25, -0.2) is 4.98 Å². The van der Waals surface area contributed by atoms with E-state index in [4.69, 9.17) is 0 Å². The molecule has 4 rings (SSSR count). The lowest BCUT2D eigenvalue weighted by atomic mass is 9.86. The Morgan fingerprint density at radius 3 is 2.60 bits per heavy atom. The fourth-order valence-corrected chi connectivity index (χ4v) is 3.81. The highest BCUT2D eigenvalue weighted by molar-refractivity contribution is 6.05. The molecule has 3 aromatic rings. The highest BCUT2D eigenvalue weighted by Gasteiger charge is 2.24. The van der Waals surface area contributed by atoms with Crippen LogP contribution in [0.15, 0.2) is 54.6 Å². The minimum absolute atomic E-state index is 0.133. The van der Waals surface area contributed by atoms with Gasteiger partial charge in [-0.2, -0.15) is 5.26 Å². The van der Waals surface area contributed by atoms with Gasteiger partial charge in [0.25, 0.3) is 11.6 Å². The number of nitro groups is 1. The first kappa shape index (κ1) is 19.3. The molecule has 30 heavy (non-hydrogen) atoms. The summed E-state index contributed by atoms with van der Waals surface area (Å²) in [4.78, 5) is 27.9. The summed E-state index contributed by atoms with van der Waals surface area (Å²) in [5.74, 6) is -0.356. The zero-order valence-corrected chi connectivity index (χ0v) is 16.1. The van der Waals surface area contributed by atoms with E-state index in [9.17, 15) is 20.2 Å². The number of aromatic nitrogens is 1. The fourth-order valence-electron chi connectivity index (χ4n) is 3.81. The Morgan fingerprint density at radius 2 is 1.87 bits per heavy atom. The average molecular weight is 398 g/mol. The van der Waals surface area contributed by atoms with Crippen LogP contribution in [0.5, 0.6) is 0 Å². The number of benzene rings is 2. The molecule has 1 N–H and O–H groups in total.